The maximum atomic E-state index is 14.3. The van der Waals surface area contributed by atoms with Crippen molar-refractivity contribution in [1.29, 1.82) is 0 Å². The Kier molecular flexibility index (Phi) is 5.83. The number of rotatable bonds is 5. The number of hydrogen-bond donors (Lipinski definition) is 1. The molecule has 9 heteroatoms. The summed E-state index contributed by atoms with van der Waals surface area (Å²) in [5, 5.41) is 5.12. The molecule has 3 aromatic rings. The van der Waals surface area contributed by atoms with Crippen LogP contribution in [0.2, 0.25) is 0 Å². The minimum Gasteiger partial charge on any atom is -0.453 e. The van der Waals surface area contributed by atoms with Gasteiger partial charge in [0.1, 0.15) is 5.75 Å². The molecule has 0 unspecified atom stereocenters. The lowest BCUT2D eigenvalue weighted by molar-refractivity contribution is -0.117. The first-order valence-corrected chi connectivity index (χ1v) is 11.7. The highest BCUT2D eigenvalue weighted by atomic mass is 79.9. The van der Waals surface area contributed by atoms with Crippen molar-refractivity contribution in [3.8, 4) is 11.5 Å². The highest BCUT2D eigenvalue weighted by Crippen LogP contribution is 2.36. The zero-order chi connectivity index (χ0) is 22.2. The Hall–Kier alpha value is -2.75. The summed E-state index contributed by atoms with van der Waals surface area (Å²) in [4.78, 5) is 14.2. The van der Waals surface area contributed by atoms with E-state index in [1.54, 1.807) is 47.4 Å². The molecular formula is C22H18BrFN2O4S. The normalized spacial score (nSPS) is 16.5. The van der Waals surface area contributed by atoms with E-state index in [2.05, 4.69) is 15.9 Å². The smallest absolute Gasteiger partial charge is 0.238 e. The lowest BCUT2D eigenvalue weighted by Crippen LogP contribution is -2.24. The van der Waals surface area contributed by atoms with E-state index in [0.717, 1.165) is 5.56 Å². The number of hydrogen-bond acceptors (Lipinski definition) is 4. The summed E-state index contributed by atoms with van der Waals surface area (Å²) in [6, 6.07) is 17.6. The molecule has 0 aliphatic carbocycles. The molecular weight excluding hydrogens is 487 g/mol. The van der Waals surface area contributed by atoms with Gasteiger partial charge in [-0.15, -0.1) is 0 Å². The lowest BCUT2D eigenvalue weighted by atomic mass is 9.98. The number of benzene rings is 3. The van der Waals surface area contributed by atoms with Crippen LogP contribution < -0.4 is 14.8 Å². The Morgan fingerprint density at radius 1 is 1.03 bits per heavy atom. The molecule has 1 saturated heterocycles. The third kappa shape index (κ3) is 4.63. The van der Waals surface area contributed by atoms with E-state index in [9.17, 15) is 17.6 Å². The largest absolute Gasteiger partial charge is 0.453 e. The number of ether oxygens (including phenoxy) is 1. The Morgan fingerprint density at radius 3 is 2.42 bits per heavy atom. The van der Waals surface area contributed by atoms with Crippen molar-refractivity contribution in [2.24, 2.45) is 5.14 Å². The second kappa shape index (κ2) is 8.41. The van der Waals surface area contributed by atoms with E-state index in [1.807, 2.05) is 6.07 Å². The van der Waals surface area contributed by atoms with E-state index < -0.39 is 15.8 Å². The molecule has 3 aromatic carbocycles. The Labute approximate surface area is 187 Å². The number of carbonyl (C=O) groups excluding carboxylic acids is 1. The van der Waals surface area contributed by atoms with Gasteiger partial charge in [0.25, 0.3) is 0 Å². The number of para-hydroxylation sites is 1. The van der Waals surface area contributed by atoms with Gasteiger partial charge >= 0.3 is 0 Å². The molecule has 1 atom stereocenters. The van der Waals surface area contributed by atoms with Gasteiger partial charge in [-0.05, 0) is 70.0 Å². The number of carbonyl (C=O) groups is 1. The molecule has 0 radical (unpaired) electrons. The van der Waals surface area contributed by atoms with Crippen LogP contribution in [0.3, 0.4) is 0 Å². The Bertz CT molecular complexity index is 1250. The van der Waals surface area contributed by atoms with E-state index >= 15 is 0 Å². The predicted molar refractivity (Wildman–Crippen MR) is 118 cm³/mol. The monoisotopic (exact) mass is 504 g/mol. The molecule has 6 nitrogen and oxygen atoms in total. The highest BCUT2D eigenvalue weighted by molar-refractivity contribution is 9.10. The average molecular weight is 505 g/mol. The van der Waals surface area contributed by atoms with Gasteiger partial charge in [-0.25, -0.2) is 17.9 Å². The van der Waals surface area contributed by atoms with E-state index in [0.29, 0.717) is 22.5 Å². The van der Waals surface area contributed by atoms with Gasteiger partial charge in [-0.1, -0.05) is 18.2 Å². The second-order valence-electron chi connectivity index (χ2n) is 7.17. The average Bonchev–Trinajstić information content (AvgIpc) is 3.12. The lowest BCUT2D eigenvalue weighted by Gasteiger charge is -2.18. The summed E-state index contributed by atoms with van der Waals surface area (Å²) < 4.78 is 43.6. The van der Waals surface area contributed by atoms with Crippen LogP contribution in [-0.4, -0.2) is 20.9 Å². The third-order valence-corrected chi connectivity index (χ3v) is 6.67. The molecule has 2 N–H and O–H groups in total. The topological polar surface area (TPSA) is 89.7 Å². The van der Waals surface area contributed by atoms with Crippen molar-refractivity contribution < 1.29 is 22.3 Å². The van der Waals surface area contributed by atoms with Crippen LogP contribution in [0.4, 0.5) is 10.1 Å². The molecule has 31 heavy (non-hydrogen) atoms. The summed E-state index contributed by atoms with van der Waals surface area (Å²) >= 11 is 3.38. The molecule has 1 amide bonds. The maximum Gasteiger partial charge on any atom is 0.238 e. The summed E-state index contributed by atoms with van der Waals surface area (Å²) in [6.45, 7) is 0.383. The predicted octanol–water partition coefficient (Wildman–Crippen LogP) is 4.55. The maximum absolute atomic E-state index is 14.3. The van der Waals surface area contributed by atoms with Gasteiger partial charge in [0, 0.05) is 24.6 Å². The number of halogens is 2. The zero-order valence-electron chi connectivity index (χ0n) is 16.2. The number of anilines is 1. The number of amides is 1. The molecule has 160 valence electrons. The van der Waals surface area contributed by atoms with Crippen molar-refractivity contribution >= 4 is 37.5 Å². The van der Waals surface area contributed by atoms with E-state index in [-0.39, 0.29) is 28.9 Å². The Balaban J connectivity index is 1.56. The summed E-state index contributed by atoms with van der Waals surface area (Å²) in [6.07, 6.45) is 0.247. The van der Waals surface area contributed by atoms with Crippen LogP contribution in [0.5, 0.6) is 11.5 Å². The molecule has 0 bridgehead atoms. The van der Waals surface area contributed by atoms with Crippen LogP contribution in [-0.2, 0) is 14.8 Å². The number of nitrogens with two attached hydrogens (primary N) is 1. The molecule has 0 aromatic heterocycles. The standard InChI is InChI=1S/C22H18BrFN2O4S/c23-18-3-1-2-4-20(18)30-21-11-14(5-10-19(21)24)15-12-22(27)26(13-15)16-6-8-17(9-7-16)31(25,28)29/h1-11,15H,12-13H2,(H2,25,28,29)/t15-/m0/s1. The fraction of sp³-hybridized carbons (Fsp3) is 0.136. The van der Waals surface area contributed by atoms with Gasteiger partial charge in [-0.3, -0.25) is 4.79 Å². The van der Waals surface area contributed by atoms with Crippen molar-refractivity contribution in [3.05, 3.63) is 82.6 Å². The van der Waals surface area contributed by atoms with Gasteiger partial charge in [-0.2, -0.15) is 0 Å². The summed E-state index contributed by atoms with van der Waals surface area (Å²) in [5.74, 6) is -0.205. The number of primary sulfonamides is 1. The van der Waals surface area contributed by atoms with Crippen molar-refractivity contribution in [2.45, 2.75) is 17.2 Å². The summed E-state index contributed by atoms with van der Waals surface area (Å²) in [7, 11) is -3.80. The third-order valence-electron chi connectivity index (χ3n) is 5.09. The van der Waals surface area contributed by atoms with Crippen LogP contribution >= 0.6 is 15.9 Å². The van der Waals surface area contributed by atoms with Gasteiger partial charge < -0.3 is 9.64 Å². The SMILES string of the molecule is NS(=O)(=O)c1ccc(N2C[C@@H](c3ccc(F)c(Oc4ccccc4Br)c3)CC2=O)cc1. The van der Waals surface area contributed by atoms with Crippen LogP contribution in [0.15, 0.2) is 76.1 Å². The fourth-order valence-electron chi connectivity index (χ4n) is 3.49. The van der Waals surface area contributed by atoms with Crippen LogP contribution in [0.1, 0.15) is 17.9 Å². The van der Waals surface area contributed by atoms with Crippen LogP contribution in [0, 0.1) is 5.82 Å². The Morgan fingerprint density at radius 2 is 1.74 bits per heavy atom. The quantitative estimate of drug-likeness (QED) is 0.551. The summed E-state index contributed by atoms with van der Waals surface area (Å²) in [5.41, 5.74) is 1.35. The first kappa shape index (κ1) is 21.5. The molecule has 1 aliphatic rings. The molecule has 1 heterocycles. The number of nitrogens with zero attached hydrogens (tertiary/aromatic N) is 1. The molecule has 1 aliphatic heterocycles. The highest BCUT2D eigenvalue weighted by Gasteiger charge is 2.32. The molecule has 0 saturated carbocycles. The molecule has 4 rings (SSSR count). The van der Waals surface area contributed by atoms with E-state index in [4.69, 9.17) is 9.88 Å². The minimum atomic E-state index is -3.80. The van der Waals surface area contributed by atoms with Crippen LogP contribution in [0.25, 0.3) is 0 Å². The fourth-order valence-corrected chi connectivity index (χ4v) is 4.38. The molecule has 0 spiro atoms. The van der Waals surface area contributed by atoms with Gasteiger partial charge in [0.05, 0.1) is 9.37 Å². The molecule has 1 fully saturated rings. The van der Waals surface area contributed by atoms with Crippen molar-refractivity contribution in [2.75, 3.05) is 11.4 Å². The van der Waals surface area contributed by atoms with E-state index in [1.165, 1.54) is 18.2 Å². The minimum absolute atomic E-state index is 0.0214. The first-order chi connectivity index (χ1) is 14.7. The van der Waals surface area contributed by atoms with Gasteiger partial charge in [0.2, 0.25) is 15.9 Å². The first-order valence-electron chi connectivity index (χ1n) is 9.37. The second-order valence-corrected chi connectivity index (χ2v) is 9.58. The number of sulfonamides is 1. The van der Waals surface area contributed by atoms with Crippen molar-refractivity contribution in [1.82, 2.24) is 0 Å². The van der Waals surface area contributed by atoms with Crippen molar-refractivity contribution in [3.63, 3.8) is 0 Å². The van der Waals surface area contributed by atoms with Gasteiger partial charge in [0.15, 0.2) is 11.6 Å². The zero-order valence-corrected chi connectivity index (χ0v) is 18.6.